The molecule has 1 aliphatic carbocycles. The minimum atomic E-state index is -4.35. The van der Waals surface area contributed by atoms with Gasteiger partial charge in [-0.1, -0.05) is 6.07 Å². The summed E-state index contributed by atoms with van der Waals surface area (Å²) in [5.74, 6) is -0.0445. The van der Waals surface area contributed by atoms with Gasteiger partial charge in [0.05, 0.1) is 6.10 Å². The van der Waals surface area contributed by atoms with Crippen LogP contribution in [0.5, 0.6) is 5.75 Å². The van der Waals surface area contributed by atoms with Gasteiger partial charge in [0.1, 0.15) is 11.3 Å². The molecule has 1 fully saturated rings. The van der Waals surface area contributed by atoms with Crippen molar-refractivity contribution in [1.29, 1.82) is 0 Å². The van der Waals surface area contributed by atoms with Gasteiger partial charge in [-0.2, -0.15) is 13.2 Å². The molecule has 0 unspecified atom stereocenters. The van der Waals surface area contributed by atoms with Crippen LogP contribution >= 0.6 is 22.6 Å². The molecule has 82 valence electrons. The lowest BCUT2D eigenvalue weighted by Crippen LogP contribution is -2.11. The Kier molecular flexibility index (Phi) is 2.83. The van der Waals surface area contributed by atoms with Crippen LogP contribution in [0.3, 0.4) is 0 Å². The molecule has 0 saturated heterocycles. The summed E-state index contributed by atoms with van der Waals surface area (Å²) >= 11 is 1.68. The highest BCUT2D eigenvalue weighted by Gasteiger charge is 2.38. The van der Waals surface area contributed by atoms with E-state index in [1.54, 1.807) is 28.7 Å². The molecule has 0 heterocycles. The molecular formula is C10H8F3IO. The predicted molar refractivity (Wildman–Crippen MR) is 57.8 cm³/mol. The lowest BCUT2D eigenvalue weighted by Gasteiger charge is -2.14. The first-order valence-corrected chi connectivity index (χ1v) is 5.59. The first-order chi connectivity index (χ1) is 6.98. The van der Waals surface area contributed by atoms with Crippen molar-refractivity contribution in [2.45, 2.75) is 25.1 Å². The second-order valence-electron chi connectivity index (χ2n) is 3.43. The summed E-state index contributed by atoms with van der Waals surface area (Å²) in [5, 5.41) is 0. The van der Waals surface area contributed by atoms with E-state index in [2.05, 4.69) is 0 Å². The molecule has 1 saturated carbocycles. The number of ether oxygens (including phenoxy) is 1. The molecule has 5 heteroatoms. The Balaban J connectivity index is 2.38. The van der Waals surface area contributed by atoms with Gasteiger partial charge >= 0.3 is 6.18 Å². The van der Waals surface area contributed by atoms with Crippen molar-refractivity contribution in [3.05, 3.63) is 27.3 Å². The molecule has 2 rings (SSSR count). The maximum absolute atomic E-state index is 12.7. The summed E-state index contributed by atoms with van der Waals surface area (Å²) in [6.07, 6.45) is -2.67. The van der Waals surface area contributed by atoms with E-state index in [1.165, 1.54) is 12.1 Å². The Morgan fingerprint density at radius 1 is 1.27 bits per heavy atom. The van der Waals surface area contributed by atoms with E-state index in [1.807, 2.05) is 0 Å². The number of alkyl halides is 3. The maximum atomic E-state index is 12.7. The van der Waals surface area contributed by atoms with E-state index in [0.717, 1.165) is 12.8 Å². The number of rotatable bonds is 2. The SMILES string of the molecule is FC(F)(F)c1c(I)cccc1OC1CC1. The van der Waals surface area contributed by atoms with Gasteiger partial charge in [-0.3, -0.25) is 0 Å². The highest BCUT2D eigenvalue weighted by molar-refractivity contribution is 14.1. The van der Waals surface area contributed by atoms with Crippen molar-refractivity contribution in [2.24, 2.45) is 0 Å². The van der Waals surface area contributed by atoms with Crippen LogP contribution in [0, 0.1) is 3.57 Å². The monoisotopic (exact) mass is 328 g/mol. The van der Waals surface area contributed by atoms with Crippen LogP contribution in [0.15, 0.2) is 18.2 Å². The molecule has 1 aromatic rings. The Labute approximate surface area is 98.8 Å². The van der Waals surface area contributed by atoms with Gasteiger partial charge in [-0.05, 0) is 47.6 Å². The number of benzene rings is 1. The quantitative estimate of drug-likeness (QED) is 0.750. The maximum Gasteiger partial charge on any atom is 0.420 e. The molecule has 0 spiro atoms. The zero-order valence-corrected chi connectivity index (χ0v) is 9.80. The van der Waals surface area contributed by atoms with Crippen molar-refractivity contribution < 1.29 is 17.9 Å². The minimum absolute atomic E-state index is 0.0238. The molecule has 0 amide bonds. The Morgan fingerprint density at radius 2 is 1.93 bits per heavy atom. The van der Waals surface area contributed by atoms with E-state index < -0.39 is 11.7 Å². The summed E-state index contributed by atoms with van der Waals surface area (Å²) < 4.78 is 43.5. The normalized spacial score (nSPS) is 16.5. The van der Waals surface area contributed by atoms with Crippen LogP contribution < -0.4 is 4.74 Å². The van der Waals surface area contributed by atoms with Crippen molar-refractivity contribution in [1.82, 2.24) is 0 Å². The zero-order chi connectivity index (χ0) is 11.1. The Morgan fingerprint density at radius 3 is 2.47 bits per heavy atom. The smallest absolute Gasteiger partial charge is 0.420 e. The highest BCUT2D eigenvalue weighted by atomic mass is 127. The predicted octanol–water partition coefficient (Wildman–Crippen LogP) is 3.85. The summed E-state index contributed by atoms with van der Waals surface area (Å²) in [7, 11) is 0. The van der Waals surface area contributed by atoms with Gasteiger partial charge in [-0.15, -0.1) is 0 Å². The molecule has 1 aliphatic rings. The molecular weight excluding hydrogens is 320 g/mol. The van der Waals surface area contributed by atoms with Crippen molar-refractivity contribution >= 4 is 22.6 Å². The molecule has 0 atom stereocenters. The third-order valence-corrected chi connectivity index (χ3v) is 2.98. The fourth-order valence-corrected chi connectivity index (χ4v) is 2.02. The standard InChI is InChI=1S/C10H8F3IO/c11-10(12,13)9-7(14)2-1-3-8(9)15-6-4-5-6/h1-3,6H,4-5H2. The second kappa shape index (κ2) is 3.84. The average Bonchev–Trinajstić information content (AvgIpc) is 2.85. The van der Waals surface area contributed by atoms with Crippen LogP contribution in [-0.4, -0.2) is 6.10 Å². The Hall–Kier alpha value is -0.460. The van der Waals surface area contributed by atoms with Crippen LogP contribution in [0.25, 0.3) is 0 Å². The van der Waals surface area contributed by atoms with Gasteiger partial charge in [0.2, 0.25) is 0 Å². The van der Waals surface area contributed by atoms with Gasteiger partial charge in [0, 0.05) is 3.57 Å². The number of hydrogen-bond acceptors (Lipinski definition) is 1. The summed E-state index contributed by atoms with van der Waals surface area (Å²) in [5.41, 5.74) is -0.655. The van der Waals surface area contributed by atoms with Gasteiger partial charge in [-0.25, -0.2) is 0 Å². The van der Waals surface area contributed by atoms with E-state index in [0.29, 0.717) is 0 Å². The number of hydrogen-bond donors (Lipinski definition) is 0. The van der Waals surface area contributed by atoms with Gasteiger partial charge < -0.3 is 4.74 Å². The van der Waals surface area contributed by atoms with Crippen LogP contribution in [0.4, 0.5) is 13.2 Å². The largest absolute Gasteiger partial charge is 0.490 e. The van der Waals surface area contributed by atoms with Crippen molar-refractivity contribution in [2.75, 3.05) is 0 Å². The third-order valence-electron chi connectivity index (χ3n) is 2.08. The molecule has 1 nitrogen and oxygen atoms in total. The second-order valence-corrected chi connectivity index (χ2v) is 4.59. The van der Waals surface area contributed by atoms with E-state index in [-0.39, 0.29) is 15.4 Å². The van der Waals surface area contributed by atoms with E-state index in [9.17, 15) is 13.2 Å². The first kappa shape index (κ1) is 11.0. The molecule has 0 aliphatic heterocycles. The molecule has 15 heavy (non-hydrogen) atoms. The number of halogens is 4. The highest BCUT2D eigenvalue weighted by Crippen LogP contribution is 2.41. The van der Waals surface area contributed by atoms with E-state index in [4.69, 9.17) is 4.74 Å². The average molecular weight is 328 g/mol. The summed E-state index contributed by atoms with van der Waals surface area (Å²) in [4.78, 5) is 0. The van der Waals surface area contributed by atoms with Crippen molar-refractivity contribution in [3.63, 3.8) is 0 Å². The molecule has 0 radical (unpaired) electrons. The van der Waals surface area contributed by atoms with Gasteiger partial charge in [0.25, 0.3) is 0 Å². The molecule has 0 aromatic heterocycles. The van der Waals surface area contributed by atoms with E-state index >= 15 is 0 Å². The van der Waals surface area contributed by atoms with Crippen LogP contribution in [-0.2, 0) is 6.18 Å². The summed E-state index contributed by atoms with van der Waals surface area (Å²) in [6.45, 7) is 0. The molecule has 0 bridgehead atoms. The fourth-order valence-electron chi connectivity index (χ4n) is 1.24. The van der Waals surface area contributed by atoms with Crippen molar-refractivity contribution in [3.8, 4) is 5.75 Å². The lowest BCUT2D eigenvalue weighted by atomic mass is 10.2. The molecule has 1 aromatic carbocycles. The third kappa shape index (κ3) is 2.56. The summed E-state index contributed by atoms with van der Waals surface area (Å²) in [6, 6.07) is 4.39. The van der Waals surface area contributed by atoms with Crippen LogP contribution in [0.1, 0.15) is 18.4 Å². The Bertz CT molecular complexity index is 371. The molecule has 0 N–H and O–H groups in total. The van der Waals surface area contributed by atoms with Crippen LogP contribution in [0.2, 0.25) is 0 Å². The topological polar surface area (TPSA) is 9.23 Å². The first-order valence-electron chi connectivity index (χ1n) is 4.51. The zero-order valence-electron chi connectivity index (χ0n) is 7.64. The lowest BCUT2D eigenvalue weighted by molar-refractivity contribution is -0.139. The fraction of sp³-hybridized carbons (Fsp3) is 0.400. The minimum Gasteiger partial charge on any atom is -0.490 e. The van der Waals surface area contributed by atoms with Gasteiger partial charge in [0.15, 0.2) is 0 Å².